The maximum atomic E-state index is 13.0. The van der Waals surface area contributed by atoms with E-state index in [1.54, 1.807) is 6.08 Å². The molecule has 0 bridgehead atoms. The number of allylic oxidation sites excluding steroid dienone is 5. The fourth-order valence-corrected chi connectivity index (χ4v) is 9.60. The van der Waals surface area contributed by atoms with Gasteiger partial charge in [0.1, 0.15) is 13.2 Å². The molecule has 2 N–H and O–H groups in total. The molecule has 0 aromatic carbocycles. The van der Waals surface area contributed by atoms with Gasteiger partial charge in [0, 0.05) is 6.42 Å². The van der Waals surface area contributed by atoms with E-state index in [0.717, 1.165) is 38.5 Å². The molecule has 0 rings (SSSR count). The second-order valence-corrected chi connectivity index (χ2v) is 23.1. The van der Waals surface area contributed by atoms with Crippen molar-refractivity contribution in [3.8, 4) is 0 Å². The van der Waals surface area contributed by atoms with E-state index in [1.807, 2.05) is 27.2 Å². The lowest BCUT2D eigenvalue weighted by Crippen LogP contribution is -2.45. The van der Waals surface area contributed by atoms with Crippen LogP contribution < -0.4 is 10.2 Å². The first-order valence-electron chi connectivity index (χ1n) is 29.9. The summed E-state index contributed by atoms with van der Waals surface area (Å²) in [5.41, 5.74) is 0. The Kier molecular flexibility index (Phi) is 50.7. The highest BCUT2D eigenvalue weighted by atomic mass is 31.2. The first kappa shape index (κ1) is 67.7. The average molecular weight is 994 g/mol. The van der Waals surface area contributed by atoms with Gasteiger partial charge in [-0.2, -0.15) is 0 Å². The number of phosphoric acid groups is 1. The minimum Gasteiger partial charge on any atom is -0.756 e. The van der Waals surface area contributed by atoms with Crippen LogP contribution in [0.25, 0.3) is 0 Å². The first-order chi connectivity index (χ1) is 33.5. The number of aliphatic hydroxyl groups is 1. The second kappa shape index (κ2) is 51.6. The summed E-state index contributed by atoms with van der Waals surface area (Å²) in [4.78, 5) is 25.5. The van der Waals surface area contributed by atoms with Crippen molar-refractivity contribution in [3.63, 3.8) is 0 Å². The number of amides is 1. The van der Waals surface area contributed by atoms with Crippen molar-refractivity contribution in [1.29, 1.82) is 0 Å². The standard InChI is InChI=1S/C60H117N2O6P/c1-6-8-10-12-14-16-18-20-22-24-26-28-30-31-32-34-36-38-40-42-44-46-48-50-52-54-60(64)61-58(57-68-69(65,66)67-56-55-62(3,4)5)59(63)53-51-49-47-45-43-41-39-37-35-33-29-27-25-23-21-19-17-15-13-11-9-7-2/h31-32,43,45,51,53,58-59,63H,6-30,33-42,44,46-50,52,54-57H2,1-5H3,(H-,61,64,65,66)/b32-31-,45-43+,53-51+. The Labute approximate surface area is 429 Å². The van der Waals surface area contributed by atoms with Gasteiger partial charge in [-0.05, 0) is 57.8 Å². The molecule has 0 spiro atoms. The summed E-state index contributed by atoms with van der Waals surface area (Å²) in [5, 5.41) is 13.9. The Bertz CT molecular complexity index is 1220. The van der Waals surface area contributed by atoms with Gasteiger partial charge in [0.2, 0.25) is 5.91 Å². The summed E-state index contributed by atoms with van der Waals surface area (Å²) >= 11 is 0. The van der Waals surface area contributed by atoms with Crippen LogP contribution in [0.15, 0.2) is 36.5 Å². The molecule has 0 heterocycles. The third-order valence-corrected chi connectivity index (χ3v) is 14.5. The number of nitrogens with zero attached hydrogens (tertiary/aromatic N) is 1. The van der Waals surface area contributed by atoms with Crippen LogP contribution in [0.1, 0.15) is 290 Å². The van der Waals surface area contributed by atoms with Gasteiger partial charge in [0.25, 0.3) is 7.82 Å². The molecule has 3 unspecified atom stereocenters. The summed E-state index contributed by atoms with van der Waals surface area (Å²) in [6, 6.07) is -0.904. The Hall–Kier alpha value is -1.28. The zero-order valence-electron chi connectivity index (χ0n) is 46.5. The monoisotopic (exact) mass is 993 g/mol. The number of carbonyl (C=O) groups excluding carboxylic acids is 1. The quantitative estimate of drug-likeness (QED) is 0.0272. The maximum absolute atomic E-state index is 13.0. The Balaban J connectivity index is 4.22. The van der Waals surface area contributed by atoms with Gasteiger partial charge in [-0.25, -0.2) is 0 Å². The van der Waals surface area contributed by atoms with Gasteiger partial charge in [-0.3, -0.25) is 9.36 Å². The van der Waals surface area contributed by atoms with E-state index >= 15 is 0 Å². The number of hydrogen-bond acceptors (Lipinski definition) is 6. The molecule has 0 aromatic heterocycles. The van der Waals surface area contributed by atoms with Crippen LogP contribution >= 0.6 is 7.82 Å². The molecule has 0 saturated heterocycles. The first-order valence-corrected chi connectivity index (χ1v) is 31.3. The topological polar surface area (TPSA) is 108 Å². The number of phosphoric ester groups is 1. The summed E-state index contributed by atoms with van der Waals surface area (Å²) < 4.78 is 23.4. The van der Waals surface area contributed by atoms with Crippen molar-refractivity contribution in [1.82, 2.24) is 5.32 Å². The van der Waals surface area contributed by atoms with Gasteiger partial charge in [-0.1, -0.05) is 262 Å². The summed E-state index contributed by atoms with van der Waals surface area (Å²) in [6.45, 7) is 4.67. The molecular weight excluding hydrogens is 876 g/mol. The lowest BCUT2D eigenvalue weighted by Gasteiger charge is -2.29. The van der Waals surface area contributed by atoms with Crippen LogP contribution in [0.2, 0.25) is 0 Å². The molecule has 0 fully saturated rings. The Morgan fingerprint density at radius 3 is 1.17 bits per heavy atom. The number of quaternary nitrogens is 1. The number of nitrogens with one attached hydrogen (secondary N) is 1. The molecule has 0 aliphatic rings. The number of likely N-dealkylation sites (N-methyl/N-ethyl adjacent to an activating group) is 1. The minimum atomic E-state index is -4.61. The molecule has 3 atom stereocenters. The maximum Gasteiger partial charge on any atom is 0.268 e. The summed E-state index contributed by atoms with van der Waals surface area (Å²) in [5.74, 6) is -0.206. The zero-order valence-corrected chi connectivity index (χ0v) is 47.4. The summed E-state index contributed by atoms with van der Waals surface area (Å²) in [6.07, 6.45) is 66.6. The van der Waals surface area contributed by atoms with Crippen molar-refractivity contribution in [2.45, 2.75) is 302 Å². The van der Waals surface area contributed by atoms with Crippen LogP contribution in [-0.4, -0.2) is 68.5 Å². The molecule has 0 radical (unpaired) electrons. The van der Waals surface area contributed by atoms with Gasteiger partial charge in [0.05, 0.1) is 39.9 Å². The number of unbranched alkanes of at least 4 members (excludes halogenated alkanes) is 38. The lowest BCUT2D eigenvalue weighted by molar-refractivity contribution is -0.870. The van der Waals surface area contributed by atoms with E-state index in [0.29, 0.717) is 17.4 Å². The minimum absolute atomic E-state index is 0.00601. The molecule has 0 aliphatic heterocycles. The van der Waals surface area contributed by atoms with Gasteiger partial charge in [-0.15, -0.1) is 0 Å². The highest BCUT2D eigenvalue weighted by Gasteiger charge is 2.23. The second-order valence-electron chi connectivity index (χ2n) is 21.7. The van der Waals surface area contributed by atoms with Crippen LogP contribution in [0.4, 0.5) is 0 Å². The normalized spacial score (nSPS) is 14.1. The Morgan fingerprint density at radius 1 is 0.493 bits per heavy atom. The molecule has 9 heteroatoms. The molecule has 8 nitrogen and oxygen atoms in total. The third-order valence-electron chi connectivity index (χ3n) is 13.6. The van der Waals surface area contributed by atoms with Crippen LogP contribution in [0, 0.1) is 0 Å². The number of aliphatic hydroxyl groups excluding tert-OH is 1. The lowest BCUT2D eigenvalue weighted by atomic mass is 10.0. The zero-order chi connectivity index (χ0) is 50.6. The summed E-state index contributed by atoms with van der Waals surface area (Å²) in [7, 11) is 1.25. The smallest absolute Gasteiger partial charge is 0.268 e. The molecule has 0 saturated carbocycles. The molecule has 0 aromatic rings. The SMILES string of the molecule is CCCCCCCCCCCCCC/C=C\CCCCCCCCCCCC(=O)NC(COP(=O)([O-])OCC[N+](C)(C)C)C(O)/C=C/CC/C=C/CCCCCCCCCCCCCCCCCC. The van der Waals surface area contributed by atoms with E-state index in [9.17, 15) is 19.4 Å². The van der Waals surface area contributed by atoms with Crippen LogP contribution in [0.5, 0.6) is 0 Å². The highest BCUT2D eigenvalue weighted by Crippen LogP contribution is 2.38. The fraction of sp³-hybridized carbons (Fsp3) is 0.883. The molecule has 1 amide bonds. The van der Waals surface area contributed by atoms with E-state index in [2.05, 4.69) is 43.5 Å². The van der Waals surface area contributed by atoms with Gasteiger partial charge in [0.15, 0.2) is 0 Å². The molecule has 408 valence electrons. The van der Waals surface area contributed by atoms with Crippen molar-refractivity contribution in [2.24, 2.45) is 0 Å². The van der Waals surface area contributed by atoms with E-state index < -0.39 is 26.6 Å². The molecule has 0 aliphatic carbocycles. The molecule has 69 heavy (non-hydrogen) atoms. The van der Waals surface area contributed by atoms with Gasteiger partial charge >= 0.3 is 0 Å². The molecular formula is C60H117N2O6P. The average Bonchev–Trinajstić information content (AvgIpc) is 3.31. The van der Waals surface area contributed by atoms with Crippen molar-refractivity contribution < 1.29 is 32.9 Å². The van der Waals surface area contributed by atoms with Crippen LogP contribution in [-0.2, 0) is 18.4 Å². The van der Waals surface area contributed by atoms with Crippen LogP contribution in [0.3, 0.4) is 0 Å². The largest absolute Gasteiger partial charge is 0.756 e. The van der Waals surface area contributed by atoms with Crippen molar-refractivity contribution in [2.75, 3.05) is 40.9 Å². The van der Waals surface area contributed by atoms with E-state index in [-0.39, 0.29) is 12.5 Å². The third kappa shape index (κ3) is 54.3. The van der Waals surface area contributed by atoms with Crippen molar-refractivity contribution in [3.05, 3.63) is 36.5 Å². The predicted octanol–water partition coefficient (Wildman–Crippen LogP) is 17.5. The highest BCUT2D eigenvalue weighted by molar-refractivity contribution is 7.45. The predicted molar refractivity (Wildman–Crippen MR) is 298 cm³/mol. The van der Waals surface area contributed by atoms with E-state index in [1.165, 1.54) is 231 Å². The number of carbonyl (C=O) groups is 1. The van der Waals surface area contributed by atoms with Gasteiger partial charge < -0.3 is 28.8 Å². The Morgan fingerprint density at radius 2 is 0.812 bits per heavy atom. The number of hydrogen-bond donors (Lipinski definition) is 2. The number of rotatable bonds is 55. The fourth-order valence-electron chi connectivity index (χ4n) is 8.87. The van der Waals surface area contributed by atoms with E-state index in [4.69, 9.17) is 9.05 Å². The van der Waals surface area contributed by atoms with Crippen molar-refractivity contribution >= 4 is 13.7 Å².